The summed E-state index contributed by atoms with van der Waals surface area (Å²) in [6.07, 6.45) is 2.96. The molecule has 0 spiro atoms. The Bertz CT molecular complexity index is 795. The molecule has 0 N–H and O–H groups in total. The highest BCUT2D eigenvalue weighted by Gasteiger charge is 2.49. The number of fused-ring (bicyclic) bond motifs is 2. The van der Waals surface area contributed by atoms with Gasteiger partial charge in [-0.3, -0.25) is 4.90 Å². The van der Waals surface area contributed by atoms with Gasteiger partial charge in [-0.25, -0.2) is 13.2 Å². The van der Waals surface area contributed by atoms with E-state index in [1.807, 2.05) is 6.92 Å². The lowest BCUT2D eigenvalue weighted by Crippen LogP contribution is -2.38. The fraction of sp³-hybridized carbons (Fsp3) is 0.267. The van der Waals surface area contributed by atoms with Crippen LogP contribution in [0.2, 0.25) is 0 Å². The Morgan fingerprint density at radius 3 is 2.36 bits per heavy atom. The highest BCUT2D eigenvalue weighted by Crippen LogP contribution is 2.44. The minimum atomic E-state index is -3.68. The molecule has 0 fully saturated rings. The van der Waals surface area contributed by atoms with Crippen molar-refractivity contribution in [2.45, 2.75) is 23.9 Å². The summed E-state index contributed by atoms with van der Waals surface area (Å²) in [4.78, 5) is 13.7. The topological polar surface area (TPSA) is 63.7 Å². The maximum Gasteiger partial charge on any atom is 0.411 e. The largest absolute Gasteiger partial charge is 0.453 e. The van der Waals surface area contributed by atoms with Gasteiger partial charge in [-0.1, -0.05) is 45.8 Å². The average molecular weight is 384 g/mol. The minimum Gasteiger partial charge on any atom is -0.453 e. The van der Waals surface area contributed by atoms with Gasteiger partial charge in [-0.05, 0) is 19.1 Å². The predicted molar refractivity (Wildman–Crippen MR) is 85.3 cm³/mol. The zero-order chi connectivity index (χ0) is 16.1. The molecule has 2 bridgehead atoms. The van der Waals surface area contributed by atoms with Crippen molar-refractivity contribution in [1.29, 1.82) is 0 Å². The van der Waals surface area contributed by atoms with E-state index in [1.165, 1.54) is 12.0 Å². The van der Waals surface area contributed by atoms with Crippen LogP contribution in [0.3, 0.4) is 0 Å². The maximum absolute atomic E-state index is 12.9. The van der Waals surface area contributed by atoms with Crippen molar-refractivity contribution in [3.63, 3.8) is 0 Å². The third-order valence-corrected chi connectivity index (χ3v) is 6.94. The van der Waals surface area contributed by atoms with Gasteiger partial charge in [0.15, 0.2) is 0 Å². The summed E-state index contributed by atoms with van der Waals surface area (Å²) in [5, 5.41) is 0. The van der Waals surface area contributed by atoms with Crippen LogP contribution >= 0.6 is 15.9 Å². The number of halogens is 1. The number of aryl methyl sites for hydroxylation is 1. The number of carbonyl (C=O) groups excluding carboxylic acids is 1. The first-order chi connectivity index (χ1) is 10.4. The number of carbonyl (C=O) groups is 1. The Kier molecular flexibility index (Phi) is 3.65. The van der Waals surface area contributed by atoms with Gasteiger partial charge >= 0.3 is 6.09 Å². The number of rotatable bonds is 2. The molecule has 2 atom stereocenters. The van der Waals surface area contributed by atoms with E-state index in [-0.39, 0.29) is 9.80 Å². The second kappa shape index (κ2) is 5.24. The summed E-state index contributed by atoms with van der Waals surface area (Å²) in [5.74, 6) is 0. The molecular weight excluding hydrogens is 370 g/mol. The summed E-state index contributed by atoms with van der Waals surface area (Å²) in [6, 6.07) is 5.61. The van der Waals surface area contributed by atoms with Gasteiger partial charge < -0.3 is 4.74 Å². The summed E-state index contributed by atoms with van der Waals surface area (Å²) in [7, 11) is -2.40. The lowest BCUT2D eigenvalue weighted by molar-refractivity contribution is 0.123. The Morgan fingerprint density at radius 2 is 1.77 bits per heavy atom. The van der Waals surface area contributed by atoms with Gasteiger partial charge in [0.1, 0.15) is 0 Å². The van der Waals surface area contributed by atoms with Gasteiger partial charge in [-0.15, -0.1) is 0 Å². The van der Waals surface area contributed by atoms with E-state index in [4.69, 9.17) is 4.74 Å². The molecule has 2 aliphatic rings. The van der Waals surface area contributed by atoms with E-state index in [1.54, 1.807) is 36.4 Å². The lowest BCUT2D eigenvalue weighted by Gasteiger charge is -2.22. The van der Waals surface area contributed by atoms with Gasteiger partial charge in [0.2, 0.25) is 9.84 Å². The standard InChI is InChI=1S/C15H14BrNO4S/c1-9-3-5-10(6-4-9)22(19,20)14-12-8-7-11(13(14)16)17(12)15(18)21-2/h3-8,11-12H,1-2H3/t11-,12+/m0/s1. The van der Waals surface area contributed by atoms with Crippen LogP contribution in [0, 0.1) is 6.92 Å². The smallest absolute Gasteiger partial charge is 0.411 e. The van der Waals surface area contributed by atoms with Gasteiger partial charge in [0, 0.05) is 4.48 Å². The summed E-state index contributed by atoms with van der Waals surface area (Å²) in [6.45, 7) is 1.89. The van der Waals surface area contributed by atoms with E-state index in [0.717, 1.165) is 5.56 Å². The number of hydrogen-bond donors (Lipinski definition) is 0. The number of methoxy groups -OCH3 is 1. The molecule has 0 aliphatic carbocycles. The lowest BCUT2D eigenvalue weighted by atomic mass is 10.2. The summed E-state index contributed by atoms with van der Waals surface area (Å²) >= 11 is 3.35. The first kappa shape index (κ1) is 15.3. The molecule has 5 nitrogen and oxygen atoms in total. The van der Waals surface area contributed by atoms with Crippen LogP contribution in [0.15, 0.2) is 50.7 Å². The van der Waals surface area contributed by atoms with Gasteiger partial charge in [0.05, 0.1) is 29.0 Å². The molecule has 0 aromatic heterocycles. The third-order valence-electron chi connectivity index (χ3n) is 3.84. The van der Waals surface area contributed by atoms with Crippen LogP contribution in [0.1, 0.15) is 5.56 Å². The van der Waals surface area contributed by atoms with Crippen LogP contribution in [0.4, 0.5) is 4.79 Å². The number of amides is 1. The van der Waals surface area contributed by atoms with Crippen molar-refractivity contribution >= 4 is 31.9 Å². The highest BCUT2D eigenvalue weighted by atomic mass is 79.9. The first-order valence-corrected chi connectivity index (χ1v) is 8.91. The number of sulfone groups is 1. The van der Waals surface area contributed by atoms with E-state index in [0.29, 0.717) is 4.48 Å². The van der Waals surface area contributed by atoms with E-state index >= 15 is 0 Å². The monoisotopic (exact) mass is 383 g/mol. The Labute approximate surface area is 137 Å². The molecule has 116 valence electrons. The Morgan fingerprint density at radius 1 is 1.18 bits per heavy atom. The van der Waals surface area contributed by atoms with Crippen molar-refractivity contribution in [2.75, 3.05) is 7.11 Å². The van der Waals surface area contributed by atoms with Crippen LogP contribution < -0.4 is 0 Å². The first-order valence-electron chi connectivity index (χ1n) is 6.64. The van der Waals surface area contributed by atoms with E-state index < -0.39 is 28.0 Å². The number of nitrogens with zero attached hydrogens (tertiary/aromatic N) is 1. The maximum atomic E-state index is 12.9. The molecular formula is C15H14BrNO4S. The molecule has 1 aromatic carbocycles. The normalized spacial score (nSPS) is 23.3. The molecule has 7 heteroatoms. The highest BCUT2D eigenvalue weighted by molar-refractivity contribution is 9.11. The van der Waals surface area contributed by atoms with E-state index in [2.05, 4.69) is 15.9 Å². The molecule has 0 unspecified atom stereocenters. The average Bonchev–Trinajstić information content (AvgIpc) is 3.02. The number of ether oxygens (including phenoxy) is 1. The fourth-order valence-electron chi connectivity index (χ4n) is 2.74. The summed E-state index contributed by atoms with van der Waals surface area (Å²) < 4.78 is 31.0. The zero-order valence-corrected chi connectivity index (χ0v) is 14.4. The van der Waals surface area contributed by atoms with Gasteiger partial charge in [0.25, 0.3) is 0 Å². The van der Waals surface area contributed by atoms with Crippen LogP contribution in [-0.4, -0.2) is 38.6 Å². The van der Waals surface area contributed by atoms with Crippen molar-refractivity contribution in [2.24, 2.45) is 0 Å². The molecule has 1 aromatic rings. The van der Waals surface area contributed by atoms with Crippen LogP contribution in [0.5, 0.6) is 0 Å². The molecule has 0 saturated carbocycles. The van der Waals surface area contributed by atoms with Crippen LogP contribution in [0.25, 0.3) is 0 Å². The molecule has 3 rings (SSSR count). The second-order valence-corrected chi connectivity index (χ2v) is 7.95. The molecule has 2 heterocycles. The Balaban J connectivity index is 2.05. The predicted octanol–water partition coefficient (Wildman–Crippen LogP) is 2.76. The molecule has 0 saturated heterocycles. The van der Waals surface area contributed by atoms with Crippen molar-refractivity contribution in [3.05, 3.63) is 51.4 Å². The van der Waals surface area contributed by atoms with Crippen molar-refractivity contribution in [3.8, 4) is 0 Å². The molecule has 2 aliphatic heterocycles. The number of hydrogen-bond acceptors (Lipinski definition) is 4. The fourth-order valence-corrected chi connectivity index (χ4v) is 5.62. The second-order valence-electron chi connectivity index (χ2n) is 5.18. The molecule has 22 heavy (non-hydrogen) atoms. The van der Waals surface area contributed by atoms with Crippen molar-refractivity contribution < 1.29 is 17.9 Å². The minimum absolute atomic E-state index is 0.203. The Hall–Kier alpha value is -1.60. The van der Waals surface area contributed by atoms with Crippen molar-refractivity contribution in [1.82, 2.24) is 4.90 Å². The SMILES string of the molecule is COC(=O)N1[C@@H]2C=C[C@H]1C(Br)=C2S(=O)(=O)c1ccc(C)cc1. The third kappa shape index (κ3) is 2.11. The zero-order valence-electron chi connectivity index (χ0n) is 12.0. The van der Waals surface area contributed by atoms with Crippen LogP contribution in [-0.2, 0) is 14.6 Å². The van der Waals surface area contributed by atoms with E-state index in [9.17, 15) is 13.2 Å². The quantitative estimate of drug-likeness (QED) is 0.736. The number of benzene rings is 1. The molecule has 0 radical (unpaired) electrons. The molecule has 1 amide bonds. The van der Waals surface area contributed by atoms with Gasteiger partial charge in [-0.2, -0.15) is 0 Å². The summed E-state index contributed by atoms with van der Waals surface area (Å²) in [5.41, 5.74) is 0.982.